The Bertz CT molecular complexity index is 1780. The molecule has 12 heteroatoms. The highest BCUT2D eigenvalue weighted by Crippen LogP contribution is 2.41. The van der Waals surface area contributed by atoms with Crippen molar-refractivity contribution in [2.24, 2.45) is 4.99 Å². The quantitative estimate of drug-likeness (QED) is 0.217. The molecule has 0 spiro atoms. The van der Waals surface area contributed by atoms with Crippen LogP contribution in [0.3, 0.4) is 0 Å². The lowest BCUT2D eigenvalue weighted by Crippen LogP contribution is -2.43. The smallest absolute Gasteiger partial charge is 0.410 e. The fourth-order valence-corrected chi connectivity index (χ4v) is 7.33. The van der Waals surface area contributed by atoms with Crippen molar-refractivity contribution in [2.75, 3.05) is 43.1 Å². The number of morpholine rings is 1. The van der Waals surface area contributed by atoms with Gasteiger partial charge in [0.2, 0.25) is 11.8 Å². The molecule has 0 saturated carbocycles. The van der Waals surface area contributed by atoms with Crippen LogP contribution in [0, 0.1) is 0 Å². The van der Waals surface area contributed by atoms with Gasteiger partial charge in [-0.2, -0.15) is 0 Å². The summed E-state index contributed by atoms with van der Waals surface area (Å²) >= 11 is 1.39. The second kappa shape index (κ2) is 15.0. The van der Waals surface area contributed by atoms with Gasteiger partial charge in [-0.25, -0.2) is 9.79 Å². The van der Waals surface area contributed by atoms with Gasteiger partial charge in [0.05, 0.1) is 31.7 Å². The average molecular weight is 680 g/mol. The van der Waals surface area contributed by atoms with Crippen LogP contribution in [-0.4, -0.2) is 71.8 Å². The molecule has 3 fully saturated rings. The number of likely N-dealkylation sites (tertiary alicyclic amines) is 1. The normalized spacial score (nSPS) is 20.2. The lowest BCUT2D eigenvalue weighted by Gasteiger charge is -2.28. The SMILES string of the molecule is O=C(Nc1ccc(C2SC(=Nc3ccc(N4CCOCC4)cc3)N(Cc3ccco3)C2=O)cc1)[C@H]1CCCN1C(=O)OCc1ccccc1. The number of benzene rings is 3. The predicted octanol–water partition coefficient (Wildman–Crippen LogP) is 6.36. The van der Waals surface area contributed by atoms with Gasteiger partial charge in [-0.3, -0.25) is 19.4 Å². The van der Waals surface area contributed by atoms with Gasteiger partial charge in [0.15, 0.2) is 5.17 Å². The number of rotatable bonds is 9. The highest BCUT2D eigenvalue weighted by atomic mass is 32.2. The van der Waals surface area contributed by atoms with E-state index < -0.39 is 17.4 Å². The van der Waals surface area contributed by atoms with Crippen LogP contribution in [0.2, 0.25) is 0 Å². The van der Waals surface area contributed by atoms with E-state index in [1.807, 2.05) is 72.8 Å². The van der Waals surface area contributed by atoms with Crippen LogP contribution in [0.25, 0.3) is 0 Å². The van der Waals surface area contributed by atoms with Crippen molar-refractivity contribution < 1.29 is 28.3 Å². The first-order valence-corrected chi connectivity index (χ1v) is 17.3. The van der Waals surface area contributed by atoms with E-state index in [0.717, 1.165) is 42.0 Å². The maximum Gasteiger partial charge on any atom is 0.410 e. The molecule has 2 atom stereocenters. The van der Waals surface area contributed by atoms with Crippen LogP contribution in [0.5, 0.6) is 0 Å². The molecule has 7 rings (SSSR count). The zero-order valence-electron chi connectivity index (χ0n) is 26.9. The minimum absolute atomic E-state index is 0.0996. The summed E-state index contributed by atoms with van der Waals surface area (Å²) in [6, 6.07) is 27.7. The van der Waals surface area contributed by atoms with E-state index in [1.54, 1.807) is 29.4 Å². The van der Waals surface area contributed by atoms with Crippen molar-refractivity contribution in [3.63, 3.8) is 0 Å². The molecule has 4 aromatic rings. The summed E-state index contributed by atoms with van der Waals surface area (Å²) in [4.78, 5) is 50.2. The summed E-state index contributed by atoms with van der Waals surface area (Å²) in [5.74, 6) is 0.289. The number of carbonyl (C=O) groups is 3. The molecule has 1 aromatic heterocycles. The van der Waals surface area contributed by atoms with Crippen LogP contribution in [-0.2, 0) is 32.2 Å². The van der Waals surface area contributed by atoms with Crippen LogP contribution in [0.4, 0.5) is 21.9 Å². The minimum Gasteiger partial charge on any atom is -0.467 e. The summed E-state index contributed by atoms with van der Waals surface area (Å²) in [6.45, 7) is 4.00. The third-order valence-electron chi connectivity index (χ3n) is 8.77. The first-order valence-electron chi connectivity index (χ1n) is 16.4. The van der Waals surface area contributed by atoms with Gasteiger partial charge in [-0.15, -0.1) is 0 Å². The Labute approximate surface area is 288 Å². The summed E-state index contributed by atoms with van der Waals surface area (Å²) < 4.78 is 16.5. The number of amidine groups is 1. The second-order valence-electron chi connectivity index (χ2n) is 12.0. The van der Waals surface area contributed by atoms with Gasteiger partial charge in [0.1, 0.15) is 23.7 Å². The van der Waals surface area contributed by atoms with Crippen LogP contribution in [0.1, 0.15) is 35.0 Å². The fourth-order valence-electron chi connectivity index (χ4n) is 6.15. The van der Waals surface area contributed by atoms with E-state index in [-0.39, 0.29) is 25.0 Å². The molecular weight excluding hydrogens is 643 g/mol. The van der Waals surface area contributed by atoms with Crippen molar-refractivity contribution in [2.45, 2.75) is 37.3 Å². The van der Waals surface area contributed by atoms with E-state index >= 15 is 0 Å². The van der Waals surface area contributed by atoms with Crippen molar-refractivity contribution in [1.29, 1.82) is 0 Å². The van der Waals surface area contributed by atoms with Gasteiger partial charge >= 0.3 is 6.09 Å². The molecule has 0 radical (unpaired) electrons. The molecule has 3 aromatic carbocycles. The number of aliphatic imine (C=N–C) groups is 1. The van der Waals surface area contributed by atoms with Crippen LogP contribution >= 0.6 is 11.8 Å². The molecule has 3 aliphatic heterocycles. The Kier molecular flexibility index (Phi) is 9.94. The summed E-state index contributed by atoms with van der Waals surface area (Å²) in [6.07, 6.45) is 2.36. The monoisotopic (exact) mass is 679 g/mol. The van der Waals surface area contributed by atoms with E-state index in [2.05, 4.69) is 10.2 Å². The second-order valence-corrected chi connectivity index (χ2v) is 13.1. The highest BCUT2D eigenvalue weighted by Gasteiger charge is 2.40. The molecule has 0 aliphatic carbocycles. The van der Waals surface area contributed by atoms with Crippen molar-refractivity contribution in [3.05, 3.63) is 114 Å². The molecular formula is C37H37N5O6S. The largest absolute Gasteiger partial charge is 0.467 e. The Morgan fingerprint density at radius 3 is 2.43 bits per heavy atom. The predicted molar refractivity (Wildman–Crippen MR) is 188 cm³/mol. The molecule has 1 unspecified atom stereocenters. The van der Waals surface area contributed by atoms with E-state index in [9.17, 15) is 14.4 Å². The van der Waals surface area contributed by atoms with Crippen molar-refractivity contribution >= 4 is 51.9 Å². The molecule has 3 aliphatic rings. The van der Waals surface area contributed by atoms with Gasteiger partial charge in [-0.1, -0.05) is 54.2 Å². The fraction of sp³-hybridized carbons (Fsp3) is 0.297. The van der Waals surface area contributed by atoms with Gasteiger partial charge < -0.3 is 24.1 Å². The lowest BCUT2D eigenvalue weighted by atomic mass is 10.1. The first-order chi connectivity index (χ1) is 24.0. The zero-order valence-corrected chi connectivity index (χ0v) is 27.7. The third kappa shape index (κ3) is 7.65. The van der Waals surface area contributed by atoms with Crippen molar-refractivity contribution in [1.82, 2.24) is 9.80 Å². The number of amides is 3. The number of ether oxygens (including phenoxy) is 2. The van der Waals surface area contributed by atoms with E-state index in [1.165, 1.54) is 16.7 Å². The number of anilines is 2. The first kappa shape index (κ1) is 32.5. The third-order valence-corrected chi connectivity index (χ3v) is 10.00. The molecule has 11 nitrogen and oxygen atoms in total. The topological polar surface area (TPSA) is 117 Å². The number of hydrogen-bond donors (Lipinski definition) is 1. The minimum atomic E-state index is -0.619. The van der Waals surface area contributed by atoms with Gasteiger partial charge in [-0.05, 0) is 72.5 Å². The molecule has 1 N–H and O–H groups in total. The Morgan fingerprint density at radius 1 is 0.918 bits per heavy atom. The number of thioether (sulfide) groups is 1. The lowest BCUT2D eigenvalue weighted by molar-refractivity contribution is -0.126. The summed E-state index contributed by atoms with van der Waals surface area (Å²) in [7, 11) is 0. The number of nitrogens with one attached hydrogen (secondary N) is 1. The number of carbonyl (C=O) groups excluding carboxylic acids is 3. The highest BCUT2D eigenvalue weighted by molar-refractivity contribution is 8.15. The number of hydrogen-bond acceptors (Lipinski definition) is 9. The maximum atomic E-state index is 13.8. The molecule has 3 saturated heterocycles. The van der Waals surface area contributed by atoms with Crippen LogP contribution < -0.4 is 10.2 Å². The maximum absolute atomic E-state index is 13.8. The van der Waals surface area contributed by atoms with Gasteiger partial charge in [0.25, 0.3) is 0 Å². The van der Waals surface area contributed by atoms with Crippen LogP contribution in [0.15, 0.2) is 107 Å². The Morgan fingerprint density at radius 2 is 1.69 bits per heavy atom. The zero-order chi connectivity index (χ0) is 33.6. The number of nitrogens with zero attached hydrogens (tertiary/aromatic N) is 4. The molecule has 4 heterocycles. The average Bonchev–Trinajstić information content (AvgIpc) is 3.91. The standard InChI is InChI=1S/C37H37N5O6S/c43-34(32-9-4-18-41(32)37(45)48-25-26-6-2-1-3-7-26)38-28-12-10-27(11-13-28)33-35(44)42(24-31-8-5-21-47-31)36(49-33)39-29-14-16-30(17-15-29)40-19-22-46-23-20-40/h1-3,5-8,10-17,21,32-33H,4,9,18-20,22-25H2,(H,38,43)/t32-,33?/m1/s1. The van der Waals surface area contributed by atoms with E-state index in [0.29, 0.717) is 42.8 Å². The Balaban J connectivity index is 1.02. The van der Waals surface area contributed by atoms with Gasteiger partial charge in [0, 0.05) is 31.0 Å². The van der Waals surface area contributed by atoms with E-state index in [4.69, 9.17) is 18.9 Å². The molecule has 3 amide bonds. The molecule has 49 heavy (non-hydrogen) atoms. The molecule has 252 valence electrons. The van der Waals surface area contributed by atoms with Crippen molar-refractivity contribution in [3.8, 4) is 0 Å². The summed E-state index contributed by atoms with van der Waals surface area (Å²) in [5, 5.41) is 3.01. The number of furan rings is 1. The summed E-state index contributed by atoms with van der Waals surface area (Å²) in [5.41, 5.74) is 4.12. The Hall–Kier alpha value is -5.07. The molecule has 0 bridgehead atoms.